The third kappa shape index (κ3) is 8.61. The van der Waals surface area contributed by atoms with E-state index in [0.29, 0.717) is 17.0 Å². The van der Waals surface area contributed by atoms with Gasteiger partial charge in [-0.2, -0.15) is 13.2 Å². The van der Waals surface area contributed by atoms with E-state index in [9.17, 15) is 22.8 Å². The molecule has 1 saturated carbocycles. The van der Waals surface area contributed by atoms with Gasteiger partial charge in [0.25, 0.3) is 5.91 Å². The highest BCUT2D eigenvalue weighted by molar-refractivity contribution is 5.95. The Balaban J connectivity index is 1.51. The Bertz CT molecular complexity index is 1310. The number of alkyl halides is 3. The maximum absolute atomic E-state index is 14.0. The molecule has 4 rings (SSSR count). The van der Waals surface area contributed by atoms with Crippen LogP contribution >= 0.6 is 0 Å². The monoisotopic (exact) mass is 618 g/mol. The van der Waals surface area contributed by atoms with Crippen molar-refractivity contribution in [3.05, 3.63) is 41.2 Å². The molecule has 5 atom stereocenters. The zero-order valence-electron chi connectivity index (χ0n) is 26.3. The van der Waals surface area contributed by atoms with Gasteiger partial charge in [0.05, 0.1) is 24.1 Å². The number of halogens is 3. The SMILES string of the molecule is COc1cc(C(=O)NC2CCCN(C)C2)ccc1Nc1ncc(C(F)(F)F)c(CC(C)C(C)C2CCCCC2NC(C)=O)n1. The van der Waals surface area contributed by atoms with Gasteiger partial charge in [-0.1, -0.05) is 26.7 Å². The molecule has 1 aliphatic carbocycles. The Morgan fingerprint density at radius 1 is 1.11 bits per heavy atom. The maximum atomic E-state index is 14.0. The van der Waals surface area contributed by atoms with Crippen LogP contribution in [0.15, 0.2) is 24.4 Å². The second-order valence-corrected chi connectivity index (χ2v) is 12.5. The Labute approximate surface area is 257 Å². The summed E-state index contributed by atoms with van der Waals surface area (Å²) < 4.78 is 47.6. The second kappa shape index (κ2) is 14.6. The van der Waals surface area contributed by atoms with Gasteiger partial charge in [-0.15, -0.1) is 0 Å². The average Bonchev–Trinajstić information content (AvgIpc) is 2.96. The fourth-order valence-electron chi connectivity index (χ4n) is 6.62. The normalized spacial score (nSPS) is 22.5. The number of ether oxygens (including phenoxy) is 1. The van der Waals surface area contributed by atoms with Crippen LogP contribution in [0.4, 0.5) is 24.8 Å². The van der Waals surface area contributed by atoms with Crippen LogP contribution in [0.25, 0.3) is 0 Å². The van der Waals surface area contributed by atoms with Gasteiger partial charge in [-0.05, 0) is 81.6 Å². The van der Waals surface area contributed by atoms with Gasteiger partial charge < -0.3 is 25.6 Å². The van der Waals surface area contributed by atoms with Crippen LogP contribution in [-0.2, 0) is 17.4 Å². The van der Waals surface area contributed by atoms with Crippen LogP contribution in [-0.4, -0.2) is 66.0 Å². The molecule has 5 unspecified atom stereocenters. The standard InChI is InChI=1S/C32H45F3N6O3/c1-19(20(2)24-10-6-7-11-26(24)37-21(3)42)15-28-25(32(33,34)35)17-36-31(40-28)39-27-13-12-22(16-29(27)44-5)30(43)38-23-9-8-14-41(4)18-23/h12-13,16-17,19-20,23-24,26H,6-11,14-15,18H2,1-5H3,(H,37,42)(H,38,43)(H,36,39,40). The second-order valence-electron chi connectivity index (χ2n) is 12.5. The van der Waals surface area contributed by atoms with E-state index in [0.717, 1.165) is 57.8 Å². The summed E-state index contributed by atoms with van der Waals surface area (Å²) in [6.07, 6.45) is 2.08. The molecule has 242 valence electrons. The number of nitrogens with zero attached hydrogens (tertiary/aromatic N) is 3. The minimum Gasteiger partial charge on any atom is -0.495 e. The number of aromatic nitrogens is 2. The number of likely N-dealkylation sites (N-methyl/N-ethyl adjacent to an activating group) is 1. The summed E-state index contributed by atoms with van der Waals surface area (Å²) in [6.45, 7) is 7.28. The molecule has 9 nitrogen and oxygen atoms in total. The van der Waals surface area contributed by atoms with Gasteiger partial charge in [-0.3, -0.25) is 9.59 Å². The number of rotatable bonds is 10. The van der Waals surface area contributed by atoms with Gasteiger partial charge in [0, 0.05) is 37.3 Å². The number of amides is 2. The topological polar surface area (TPSA) is 108 Å². The van der Waals surface area contributed by atoms with E-state index in [4.69, 9.17) is 4.74 Å². The number of benzene rings is 1. The van der Waals surface area contributed by atoms with Crippen molar-refractivity contribution in [3.63, 3.8) is 0 Å². The third-order valence-electron chi connectivity index (χ3n) is 9.14. The predicted octanol–water partition coefficient (Wildman–Crippen LogP) is 5.58. The van der Waals surface area contributed by atoms with Gasteiger partial charge >= 0.3 is 6.18 Å². The minimum absolute atomic E-state index is 0.00221. The van der Waals surface area contributed by atoms with Gasteiger partial charge in [0.2, 0.25) is 11.9 Å². The summed E-state index contributed by atoms with van der Waals surface area (Å²) in [6, 6.07) is 4.94. The molecule has 0 bridgehead atoms. The van der Waals surface area contributed by atoms with Crippen LogP contribution in [0.3, 0.4) is 0 Å². The van der Waals surface area contributed by atoms with Crippen LogP contribution < -0.4 is 20.7 Å². The predicted molar refractivity (Wildman–Crippen MR) is 163 cm³/mol. The van der Waals surface area contributed by atoms with E-state index in [1.54, 1.807) is 18.2 Å². The average molecular weight is 619 g/mol. The Morgan fingerprint density at radius 2 is 1.86 bits per heavy atom. The molecule has 2 aromatic rings. The van der Waals surface area contributed by atoms with E-state index >= 15 is 0 Å². The van der Waals surface area contributed by atoms with E-state index in [2.05, 4.69) is 37.7 Å². The summed E-state index contributed by atoms with van der Waals surface area (Å²) in [4.78, 5) is 35.2. The lowest BCUT2D eigenvalue weighted by molar-refractivity contribution is -0.138. The summed E-state index contributed by atoms with van der Waals surface area (Å²) in [5.74, 6) is 0.144. The smallest absolute Gasteiger partial charge is 0.419 e. The number of piperidine rings is 1. The molecule has 44 heavy (non-hydrogen) atoms. The van der Waals surface area contributed by atoms with E-state index in [-0.39, 0.29) is 59.7 Å². The number of carbonyl (C=O) groups is 2. The van der Waals surface area contributed by atoms with Gasteiger partial charge in [0.15, 0.2) is 0 Å². The molecular weight excluding hydrogens is 573 g/mol. The van der Waals surface area contributed by atoms with E-state index in [1.807, 2.05) is 14.0 Å². The molecule has 0 spiro atoms. The lowest BCUT2D eigenvalue weighted by atomic mass is 9.71. The molecule has 1 aromatic heterocycles. The summed E-state index contributed by atoms with van der Waals surface area (Å²) in [5.41, 5.74) is -0.114. The first-order valence-electron chi connectivity index (χ1n) is 15.5. The Morgan fingerprint density at radius 3 is 2.55 bits per heavy atom. The quantitative estimate of drug-likeness (QED) is 0.319. The number of anilines is 2. The Hall–Kier alpha value is -3.41. The highest BCUT2D eigenvalue weighted by Crippen LogP contribution is 2.38. The molecule has 2 aliphatic rings. The maximum Gasteiger partial charge on any atom is 0.419 e. The van der Waals surface area contributed by atoms with Crippen molar-refractivity contribution in [1.29, 1.82) is 0 Å². The molecular formula is C32H45F3N6O3. The minimum atomic E-state index is -4.61. The summed E-state index contributed by atoms with van der Waals surface area (Å²) >= 11 is 0. The highest BCUT2D eigenvalue weighted by atomic mass is 19.4. The first-order valence-corrected chi connectivity index (χ1v) is 15.5. The molecule has 1 aliphatic heterocycles. The molecule has 2 heterocycles. The number of likely N-dealkylation sites (tertiary alicyclic amines) is 1. The van der Waals surface area contributed by atoms with Crippen molar-refractivity contribution < 1.29 is 27.5 Å². The van der Waals surface area contributed by atoms with E-state index in [1.165, 1.54) is 14.0 Å². The Kier molecular flexibility index (Phi) is 11.1. The molecule has 3 N–H and O–H groups in total. The van der Waals surface area contributed by atoms with E-state index < -0.39 is 11.7 Å². The van der Waals surface area contributed by atoms with Crippen molar-refractivity contribution in [3.8, 4) is 5.75 Å². The number of carbonyl (C=O) groups excluding carboxylic acids is 2. The molecule has 2 amide bonds. The number of hydrogen-bond acceptors (Lipinski definition) is 7. The van der Waals surface area contributed by atoms with Crippen molar-refractivity contribution in [2.45, 2.75) is 84.0 Å². The first-order chi connectivity index (χ1) is 20.8. The fraction of sp³-hybridized carbons (Fsp3) is 0.625. The lowest BCUT2D eigenvalue weighted by Gasteiger charge is -2.38. The van der Waals surface area contributed by atoms with Crippen LogP contribution in [0, 0.1) is 17.8 Å². The molecule has 1 aromatic carbocycles. The fourth-order valence-corrected chi connectivity index (χ4v) is 6.62. The van der Waals surface area contributed by atoms with Crippen molar-refractivity contribution in [2.24, 2.45) is 17.8 Å². The largest absolute Gasteiger partial charge is 0.495 e. The lowest BCUT2D eigenvalue weighted by Crippen LogP contribution is -2.46. The first kappa shape index (κ1) is 33.5. The zero-order chi connectivity index (χ0) is 32.0. The van der Waals surface area contributed by atoms with Crippen molar-refractivity contribution in [2.75, 3.05) is 32.6 Å². The van der Waals surface area contributed by atoms with Crippen LogP contribution in [0.2, 0.25) is 0 Å². The summed E-state index contributed by atoms with van der Waals surface area (Å²) in [7, 11) is 3.48. The van der Waals surface area contributed by atoms with Crippen LogP contribution in [0.5, 0.6) is 5.75 Å². The van der Waals surface area contributed by atoms with Gasteiger partial charge in [-0.25, -0.2) is 9.97 Å². The summed E-state index contributed by atoms with van der Waals surface area (Å²) in [5, 5.41) is 9.11. The highest BCUT2D eigenvalue weighted by Gasteiger charge is 2.37. The molecule has 0 radical (unpaired) electrons. The van der Waals surface area contributed by atoms with Gasteiger partial charge in [0.1, 0.15) is 5.75 Å². The number of methoxy groups -OCH3 is 1. The zero-order valence-corrected chi connectivity index (χ0v) is 26.3. The molecule has 2 fully saturated rings. The number of hydrogen-bond donors (Lipinski definition) is 3. The van der Waals surface area contributed by atoms with Crippen molar-refractivity contribution in [1.82, 2.24) is 25.5 Å². The molecule has 1 saturated heterocycles. The number of nitrogens with one attached hydrogen (secondary N) is 3. The van der Waals surface area contributed by atoms with Crippen molar-refractivity contribution >= 4 is 23.5 Å². The van der Waals surface area contributed by atoms with Crippen LogP contribution in [0.1, 0.15) is 80.9 Å². The molecule has 12 heteroatoms. The third-order valence-corrected chi connectivity index (χ3v) is 9.14.